The number of hydrogen-bond acceptors (Lipinski definition) is 4. The van der Waals surface area contributed by atoms with Gasteiger partial charge in [0.05, 0.1) is 6.54 Å². The Kier molecular flexibility index (Phi) is 5.24. The molecular weight excluding hydrogens is 300 g/mol. The molecule has 1 aliphatic carbocycles. The third-order valence-corrected chi connectivity index (χ3v) is 6.75. The molecule has 2 heterocycles. The smallest absolute Gasteiger partial charge is 0.236 e. The maximum absolute atomic E-state index is 12.4. The van der Waals surface area contributed by atoms with Crippen LogP contribution in [0.5, 0.6) is 0 Å². The average Bonchev–Trinajstić information content (AvgIpc) is 3.13. The zero-order valence-corrected chi connectivity index (χ0v) is 14.3. The molecule has 0 saturated heterocycles. The lowest BCUT2D eigenvalue weighted by molar-refractivity contribution is -0.131. The predicted molar refractivity (Wildman–Crippen MR) is 91.0 cm³/mol. The molecule has 1 aliphatic heterocycles. The molecule has 2 aliphatic rings. The average molecular weight is 325 g/mol. The van der Waals surface area contributed by atoms with Gasteiger partial charge in [-0.05, 0) is 48.4 Å². The van der Waals surface area contributed by atoms with Crippen molar-refractivity contribution < 1.29 is 4.79 Å². The van der Waals surface area contributed by atoms with Gasteiger partial charge in [0, 0.05) is 29.3 Å². The van der Waals surface area contributed by atoms with E-state index in [1.54, 1.807) is 0 Å². The summed E-state index contributed by atoms with van der Waals surface area (Å²) in [7, 11) is 0. The molecule has 21 heavy (non-hydrogen) atoms. The zero-order chi connectivity index (χ0) is 14.7. The molecule has 2 atom stereocenters. The number of hydrogen-bond donors (Lipinski definition) is 1. The van der Waals surface area contributed by atoms with Crippen molar-refractivity contribution in [3.05, 3.63) is 21.9 Å². The number of thioether (sulfide) groups is 1. The fraction of sp³-hybridized carbons (Fsp3) is 0.688. The minimum Gasteiger partial charge on any atom is -0.337 e. The summed E-state index contributed by atoms with van der Waals surface area (Å²) < 4.78 is 0. The van der Waals surface area contributed by atoms with E-state index in [4.69, 9.17) is 0 Å². The second-order valence-corrected chi connectivity index (χ2v) is 8.48. The Morgan fingerprint density at radius 1 is 1.52 bits per heavy atom. The lowest BCUT2D eigenvalue weighted by atomic mass is 10.1. The van der Waals surface area contributed by atoms with E-state index in [0.717, 1.165) is 24.8 Å². The molecule has 0 aromatic carbocycles. The minimum atomic E-state index is 0.262. The number of carbonyl (C=O) groups is 1. The van der Waals surface area contributed by atoms with Gasteiger partial charge in [0.2, 0.25) is 5.91 Å². The van der Waals surface area contributed by atoms with Gasteiger partial charge >= 0.3 is 0 Å². The molecule has 116 valence electrons. The van der Waals surface area contributed by atoms with Crippen LogP contribution in [0.4, 0.5) is 0 Å². The molecule has 1 N–H and O–H groups in total. The summed E-state index contributed by atoms with van der Waals surface area (Å²) in [5.41, 5.74) is 1.35. The first kappa shape index (κ1) is 15.4. The third-order valence-electron chi connectivity index (χ3n) is 4.49. The van der Waals surface area contributed by atoms with Crippen molar-refractivity contribution >= 4 is 29.0 Å². The van der Waals surface area contributed by atoms with Crippen LogP contribution in [0.2, 0.25) is 0 Å². The van der Waals surface area contributed by atoms with E-state index < -0.39 is 0 Å². The number of nitrogens with zero attached hydrogens (tertiary/aromatic N) is 1. The molecule has 5 heteroatoms. The second-order valence-electron chi connectivity index (χ2n) is 5.90. The molecule has 3 rings (SSSR count). The first-order valence-corrected chi connectivity index (χ1v) is 9.87. The van der Waals surface area contributed by atoms with Gasteiger partial charge in [-0.2, -0.15) is 11.8 Å². The molecule has 1 fully saturated rings. The largest absolute Gasteiger partial charge is 0.337 e. The number of amides is 1. The number of rotatable bonds is 5. The Labute approximate surface area is 135 Å². The summed E-state index contributed by atoms with van der Waals surface area (Å²) in [6.45, 7) is 4.42. The summed E-state index contributed by atoms with van der Waals surface area (Å²) in [6.07, 6.45) is 4.77. The van der Waals surface area contributed by atoms with Crippen LogP contribution < -0.4 is 5.32 Å². The summed E-state index contributed by atoms with van der Waals surface area (Å²) >= 11 is 3.89. The highest BCUT2D eigenvalue weighted by molar-refractivity contribution is 7.99. The Bertz CT molecular complexity index is 488. The van der Waals surface area contributed by atoms with E-state index in [2.05, 4.69) is 35.4 Å². The van der Waals surface area contributed by atoms with Crippen molar-refractivity contribution in [3.8, 4) is 0 Å². The molecular formula is C16H24N2OS2. The summed E-state index contributed by atoms with van der Waals surface area (Å²) in [5, 5.41) is 6.42. The van der Waals surface area contributed by atoms with Gasteiger partial charge in [-0.25, -0.2) is 0 Å². The maximum Gasteiger partial charge on any atom is 0.236 e. The fourth-order valence-electron chi connectivity index (χ4n) is 3.32. The first-order valence-electron chi connectivity index (χ1n) is 7.94. The van der Waals surface area contributed by atoms with E-state index in [1.165, 1.54) is 35.5 Å². The predicted octanol–water partition coefficient (Wildman–Crippen LogP) is 2.90. The van der Waals surface area contributed by atoms with Crippen molar-refractivity contribution in [3.63, 3.8) is 0 Å². The molecule has 1 aromatic rings. The maximum atomic E-state index is 12.4. The normalized spacial score (nSPS) is 25.1. The van der Waals surface area contributed by atoms with Gasteiger partial charge < -0.3 is 10.2 Å². The topological polar surface area (TPSA) is 32.3 Å². The van der Waals surface area contributed by atoms with E-state index in [0.29, 0.717) is 12.6 Å². The van der Waals surface area contributed by atoms with Gasteiger partial charge in [-0.3, -0.25) is 4.79 Å². The first-order chi connectivity index (χ1) is 10.3. The van der Waals surface area contributed by atoms with E-state index in [9.17, 15) is 4.79 Å². The molecule has 3 nitrogen and oxygen atoms in total. The monoisotopic (exact) mass is 324 g/mol. The second kappa shape index (κ2) is 7.16. The molecule has 1 amide bonds. The van der Waals surface area contributed by atoms with E-state index in [1.807, 2.05) is 16.2 Å². The Balaban J connectivity index is 1.43. The van der Waals surface area contributed by atoms with Crippen molar-refractivity contribution in [2.24, 2.45) is 0 Å². The van der Waals surface area contributed by atoms with Crippen LogP contribution >= 0.6 is 23.1 Å². The fourth-order valence-corrected chi connectivity index (χ4v) is 5.35. The molecule has 0 spiro atoms. The molecule has 2 unspecified atom stereocenters. The van der Waals surface area contributed by atoms with E-state index >= 15 is 0 Å². The van der Waals surface area contributed by atoms with Gasteiger partial charge in [-0.15, -0.1) is 11.3 Å². The lowest BCUT2D eigenvalue weighted by Crippen LogP contribution is -2.43. The van der Waals surface area contributed by atoms with Crippen LogP contribution in [0.15, 0.2) is 11.4 Å². The van der Waals surface area contributed by atoms with Crippen LogP contribution in [-0.4, -0.2) is 40.9 Å². The third kappa shape index (κ3) is 3.82. The van der Waals surface area contributed by atoms with Crippen LogP contribution in [0.3, 0.4) is 0 Å². The number of thiophene rings is 1. The summed E-state index contributed by atoms with van der Waals surface area (Å²) in [6, 6.07) is 2.70. The summed E-state index contributed by atoms with van der Waals surface area (Å²) in [5.74, 6) is 1.46. The number of carbonyl (C=O) groups excluding carboxylic acids is 1. The van der Waals surface area contributed by atoms with Gasteiger partial charge in [0.25, 0.3) is 0 Å². The Hall–Kier alpha value is -0.520. The highest BCUT2D eigenvalue weighted by atomic mass is 32.2. The van der Waals surface area contributed by atoms with Crippen LogP contribution in [-0.2, 0) is 17.8 Å². The van der Waals surface area contributed by atoms with Gasteiger partial charge in [-0.1, -0.05) is 6.92 Å². The van der Waals surface area contributed by atoms with Crippen LogP contribution in [0.1, 0.15) is 36.6 Å². The number of fused-ring (bicyclic) bond motifs is 1. The Morgan fingerprint density at radius 2 is 2.43 bits per heavy atom. The van der Waals surface area contributed by atoms with Crippen LogP contribution in [0.25, 0.3) is 0 Å². The number of nitrogens with one attached hydrogen (secondary N) is 1. The molecule has 0 bridgehead atoms. The van der Waals surface area contributed by atoms with Gasteiger partial charge in [0.15, 0.2) is 0 Å². The zero-order valence-electron chi connectivity index (χ0n) is 12.6. The molecule has 1 aromatic heterocycles. The highest BCUT2D eigenvalue weighted by Crippen LogP contribution is 2.29. The van der Waals surface area contributed by atoms with E-state index in [-0.39, 0.29) is 5.91 Å². The van der Waals surface area contributed by atoms with Crippen molar-refractivity contribution in [1.82, 2.24) is 10.2 Å². The lowest BCUT2D eigenvalue weighted by Gasteiger charge is -2.27. The minimum absolute atomic E-state index is 0.262. The van der Waals surface area contributed by atoms with Crippen molar-refractivity contribution in [2.75, 3.05) is 18.8 Å². The Morgan fingerprint density at radius 3 is 3.29 bits per heavy atom. The van der Waals surface area contributed by atoms with Gasteiger partial charge in [0.1, 0.15) is 0 Å². The SMILES string of the molecule is CCSC1CCC(NCC(=O)N2CCc3sccc3C2)C1. The highest BCUT2D eigenvalue weighted by Gasteiger charge is 2.26. The molecule has 0 radical (unpaired) electrons. The van der Waals surface area contributed by atoms with Crippen LogP contribution in [0, 0.1) is 0 Å². The quantitative estimate of drug-likeness (QED) is 0.904. The standard InChI is InChI=1S/C16H24N2OS2/c1-2-20-14-4-3-13(9-14)17-10-16(19)18-7-5-15-12(11-18)6-8-21-15/h6,8,13-14,17H,2-5,7,9-11H2,1H3. The molecule has 1 saturated carbocycles. The van der Waals surface area contributed by atoms with Crippen molar-refractivity contribution in [2.45, 2.75) is 50.4 Å². The summed E-state index contributed by atoms with van der Waals surface area (Å²) in [4.78, 5) is 15.8. The van der Waals surface area contributed by atoms with Crippen molar-refractivity contribution in [1.29, 1.82) is 0 Å².